The Balaban J connectivity index is 2.43. The van der Waals surface area contributed by atoms with Crippen molar-refractivity contribution < 1.29 is 9.47 Å². The number of rotatable bonds is 6. The van der Waals surface area contributed by atoms with Crippen LogP contribution in [0.3, 0.4) is 0 Å². The first kappa shape index (κ1) is 22.6. The van der Waals surface area contributed by atoms with Gasteiger partial charge in [-0.1, -0.05) is 13.8 Å². The molecule has 1 aliphatic heterocycles. The molecule has 0 radical (unpaired) electrons. The first-order valence-corrected chi connectivity index (χ1v) is 10.9. The molecule has 2 heterocycles. The molecule has 0 saturated carbocycles. The predicted octanol–water partition coefficient (Wildman–Crippen LogP) is 6.06. The minimum atomic E-state index is -0.263. The Morgan fingerprint density at radius 2 is 1.81 bits per heavy atom. The smallest absolute Gasteiger partial charge is 0.110 e. The second-order valence-electron chi connectivity index (χ2n) is 9.71. The fourth-order valence-corrected chi connectivity index (χ4v) is 4.08. The Morgan fingerprint density at radius 3 is 2.33 bits per heavy atom. The summed E-state index contributed by atoms with van der Waals surface area (Å²) in [5, 5.41) is 0. The molecule has 0 spiro atoms. The number of hydrogen-bond donors (Lipinski definition) is 0. The number of hydrogen-bond acceptors (Lipinski definition) is 4. The van der Waals surface area contributed by atoms with Gasteiger partial charge in [0.15, 0.2) is 0 Å². The number of anilines is 1. The molecule has 27 heavy (non-hydrogen) atoms. The van der Waals surface area contributed by atoms with E-state index in [4.69, 9.17) is 9.47 Å². The predicted molar refractivity (Wildman–Crippen MR) is 117 cm³/mol. The van der Waals surface area contributed by atoms with Crippen LogP contribution in [0.25, 0.3) is 0 Å². The number of nitrogens with zero attached hydrogens (tertiary/aromatic N) is 2. The summed E-state index contributed by atoms with van der Waals surface area (Å²) in [5.41, 5.74) is 3.53. The van der Waals surface area contributed by atoms with E-state index in [9.17, 15) is 0 Å². The van der Waals surface area contributed by atoms with Crippen molar-refractivity contribution >= 4 is 21.6 Å². The zero-order valence-corrected chi connectivity index (χ0v) is 19.9. The summed E-state index contributed by atoms with van der Waals surface area (Å²) >= 11 is 3.77. The van der Waals surface area contributed by atoms with Crippen molar-refractivity contribution in [1.82, 2.24) is 4.98 Å². The van der Waals surface area contributed by atoms with Gasteiger partial charge in [-0.25, -0.2) is 0 Å². The van der Waals surface area contributed by atoms with E-state index in [2.05, 4.69) is 81.2 Å². The summed E-state index contributed by atoms with van der Waals surface area (Å²) < 4.78 is 13.5. The van der Waals surface area contributed by atoms with Gasteiger partial charge >= 0.3 is 0 Å². The minimum absolute atomic E-state index is 0.151. The van der Waals surface area contributed by atoms with Gasteiger partial charge in [-0.3, -0.25) is 4.98 Å². The lowest BCUT2D eigenvalue weighted by molar-refractivity contribution is -0.103. The molecule has 5 heteroatoms. The molecule has 0 N–H and O–H groups in total. The SMILES string of the molecule is Cc1ncc(Br)c(N2CCC(C)(C)CC2)c1[C@@H](COC(C)C)OC(C)(C)C. The van der Waals surface area contributed by atoms with Gasteiger partial charge in [-0.2, -0.15) is 0 Å². The Hall–Kier alpha value is -0.650. The zero-order valence-electron chi connectivity index (χ0n) is 18.4. The molecule has 2 rings (SSSR count). The molecule has 4 nitrogen and oxygen atoms in total. The van der Waals surface area contributed by atoms with E-state index in [1.54, 1.807) is 0 Å². The molecule has 0 unspecified atom stereocenters. The van der Waals surface area contributed by atoms with Crippen molar-refractivity contribution in [2.24, 2.45) is 5.41 Å². The summed E-state index contributed by atoms with van der Waals surface area (Å²) in [6.07, 6.45) is 4.31. The zero-order chi connectivity index (χ0) is 20.4. The van der Waals surface area contributed by atoms with Crippen molar-refractivity contribution in [1.29, 1.82) is 0 Å². The second kappa shape index (κ2) is 8.79. The average molecular weight is 441 g/mol. The highest BCUT2D eigenvalue weighted by Gasteiger charge is 2.32. The van der Waals surface area contributed by atoms with Crippen LogP contribution in [0.15, 0.2) is 10.7 Å². The first-order chi connectivity index (χ1) is 12.4. The molecule has 1 aromatic heterocycles. The highest BCUT2D eigenvalue weighted by molar-refractivity contribution is 9.10. The van der Waals surface area contributed by atoms with Gasteiger partial charge in [0, 0.05) is 30.5 Å². The fraction of sp³-hybridized carbons (Fsp3) is 0.773. The number of aromatic nitrogens is 1. The van der Waals surface area contributed by atoms with E-state index in [1.165, 1.54) is 18.5 Å². The van der Waals surface area contributed by atoms with Crippen LogP contribution >= 0.6 is 15.9 Å². The molecule has 1 aliphatic rings. The van der Waals surface area contributed by atoms with Crippen LogP contribution in [-0.2, 0) is 9.47 Å². The van der Waals surface area contributed by atoms with Crippen molar-refractivity contribution in [3.63, 3.8) is 0 Å². The Morgan fingerprint density at radius 1 is 1.22 bits per heavy atom. The van der Waals surface area contributed by atoms with Crippen LogP contribution in [0.2, 0.25) is 0 Å². The van der Waals surface area contributed by atoms with Gasteiger partial charge < -0.3 is 14.4 Å². The van der Waals surface area contributed by atoms with Crippen LogP contribution in [-0.4, -0.2) is 36.4 Å². The highest BCUT2D eigenvalue weighted by atomic mass is 79.9. The maximum absolute atomic E-state index is 6.47. The molecule has 1 atom stereocenters. The van der Waals surface area contributed by atoms with E-state index in [0.717, 1.165) is 28.8 Å². The van der Waals surface area contributed by atoms with Crippen molar-refractivity contribution in [2.45, 2.75) is 86.0 Å². The lowest BCUT2D eigenvalue weighted by atomic mass is 9.82. The average Bonchev–Trinajstić information content (AvgIpc) is 2.53. The third kappa shape index (κ3) is 6.43. The Bertz CT molecular complexity index is 628. The standard InChI is InChI=1S/C22H37BrN2O2/c1-15(2)26-14-18(27-21(4,5)6)19-16(3)24-13-17(23)20(19)25-11-9-22(7,8)10-12-25/h13,15,18H,9-12,14H2,1-8H3/t18-/m1/s1. The Kier molecular flexibility index (Phi) is 7.37. The summed E-state index contributed by atoms with van der Waals surface area (Å²) in [7, 11) is 0. The summed E-state index contributed by atoms with van der Waals surface area (Å²) in [4.78, 5) is 7.13. The number of piperidine rings is 1. The summed E-state index contributed by atoms with van der Waals surface area (Å²) in [6.45, 7) is 19.8. The van der Waals surface area contributed by atoms with Crippen molar-refractivity contribution in [2.75, 3.05) is 24.6 Å². The summed E-state index contributed by atoms with van der Waals surface area (Å²) in [6, 6.07) is 0. The molecule has 1 aromatic rings. The highest BCUT2D eigenvalue weighted by Crippen LogP contribution is 2.41. The number of ether oxygens (including phenoxy) is 2. The van der Waals surface area contributed by atoms with E-state index in [-0.39, 0.29) is 17.8 Å². The third-order valence-corrected chi connectivity index (χ3v) is 5.65. The Labute approximate surface area is 174 Å². The normalized spacial score (nSPS) is 18.8. The maximum Gasteiger partial charge on any atom is 0.110 e. The van der Waals surface area contributed by atoms with Crippen LogP contribution in [0, 0.1) is 12.3 Å². The second-order valence-corrected chi connectivity index (χ2v) is 10.6. The first-order valence-electron chi connectivity index (χ1n) is 10.1. The van der Waals surface area contributed by atoms with E-state index in [1.807, 2.05) is 6.20 Å². The fourth-order valence-electron chi connectivity index (χ4n) is 3.51. The summed E-state index contributed by atoms with van der Waals surface area (Å²) in [5.74, 6) is 0. The van der Waals surface area contributed by atoms with Crippen molar-refractivity contribution in [3.8, 4) is 0 Å². The largest absolute Gasteiger partial charge is 0.376 e. The lowest BCUT2D eigenvalue weighted by Gasteiger charge is -2.40. The molecule has 154 valence electrons. The molecular formula is C22H37BrN2O2. The van der Waals surface area contributed by atoms with E-state index in [0.29, 0.717) is 12.0 Å². The topological polar surface area (TPSA) is 34.6 Å². The van der Waals surface area contributed by atoms with Crippen LogP contribution in [0.4, 0.5) is 5.69 Å². The van der Waals surface area contributed by atoms with Crippen LogP contribution < -0.4 is 4.90 Å². The third-order valence-electron chi connectivity index (χ3n) is 5.07. The van der Waals surface area contributed by atoms with Crippen LogP contribution in [0.1, 0.15) is 78.7 Å². The number of aryl methyl sites for hydroxylation is 1. The van der Waals surface area contributed by atoms with E-state index < -0.39 is 0 Å². The van der Waals surface area contributed by atoms with Crippen LogP contribution in [0.5, 0.6) is 0 Å². The van der Waals surface area contributed by atoms with Crippen molar-refractivity contribution in [3.05, 3.63) is 21.9 Å². The van der Waals surface area contributed by atoms with Gasteiger partial charge in [0.25, 0.3) is 0 Å². The molecular weight excluding hydrogens is 404 g/mol. The molecule has 0 aromatic carbocycles. The van der Waals surface area contributed by atoms with Gasteiger partial charge in [0.1, 0.15) is 6.10 Å². The molecule has 1 saturated heterocycles. The molecule has 0 amide bonds. The number of pyridine rings is 1. The van der Waals surface area contributed by atoms with Gasteiger partial charge in [0.05, 0.1) is 28.5 Å². The van der Waals surface area contributed by atoms with E-state index >= 15 is 0 Å². The molecule has 0 bridgehead atoms. The molecule has 1 fully saturated rings. The number of halogens is 1. The molecule has 0 aliphatic carbocycles. The van der Waals surface area contributed by atoms with Gasteiger partial charge in [-0.15, -0.1) is 0 Å². The minimum Gasteiger partial charge on any atom is -0.376 e. The lowest BCUT2D eigenvalue weighted by Crippen LogP contribution is -2.39. The monoisotopic (exact) mass is 440 g/mol. The maximum atomic E-state index is 6.47. The van der Waals surface area contributed by atoms with Gasteiger partial charge in [-0.05, 0) is 75.7 Å². The van der Waals surface area contributed by atoms with Gasteiger partial charge in [0.2, 0.25) is 0 Å². The quantitative estimate of drug-likeness (QED) is 0.538.